The van der Waals surface area contributed by atoms with Crippen molar-refractivity contribution in [3.8, 4) is 11.6 Å². The Bertz CT molecular complexity index is 970. The van der Waals surface area contributed by atoms with Crippen LogP contribution >= 0.6 is 23.5 Å². The first-order chi connectivity index (χ1) is 14.5. The van der Waals surface area contributed by atoms with Gasteiger partial charge in [-0.15, -0.1) is 22.0 Å². The molecule has 2 aromatic heterocycles. The summed E-state index contributed by atoms with van der Waals surface area (Å²) in [4.78, 5) is 25.0. The van der Waals surface area contributed by atoms with Gasteiger partial charge in [0.25, 0.3) is 11.1 Å². The smallest absolute Gasteiger partial charge is 0.336 e. The number of carbonyl (C=O) groups excluding carboxylic acids is 2. The molecule has 0 bridgehead atoms. The number of aryl methyl sites for hydroxylation is 1. The zero-order chi connectivity index (χ0) is 21.1. The van der Waals surface area contributed by atoms with Gasteiger partial charge < -0.3 is 19.0 Å². The van der Waals surface area contributed by atoms with E-state index in [0.29, 0.717) is 33.9 Å². The highest BCUT2D eigenvalue weighted by atomic mass is 32.2. The van der Waals surface area contributed by atoms with E-state index in [0.717, 1.165) is 37.4 Å². The minimum absolute atomic E-state index is 0.0783. The summed E-state index contributed by atoms with van der Waals surface area (Å²) in [5.41, 5.74) is 1.07. The van der Waals surface area contributed by atoms with Gasteiger partial charge >= 0.3 is 5.97 Å². The molecule has 1 fully saturated rings. The van der Waals surface area contributed by atoms with E-state index in [1.165, 1.54) is 0 Å². The van der Waals surface area contributed by atoms with Crippen LogP contribution < -0.4 is 5.32 Å². The van der Waals surface area contributed by atoms with Gasteiger partial charge in [0, 0.05) is 17.2 Å². The quantitative estimate of drug-likeness (QED) is 0.497. The number of nitrogens with one attached hydrogen (secondary N) is 1. The van der Waals surface area contributed by atoms with Crippen molar-refractivity contribution in [3.05, 3.63) is 22.4 Å². The molecule has 2 aromatic rings. The second-order valence-electron chi connectivity index (χ2n) is 7.04. The highest BCUT2D eigenvalue weighted by Gasteiger charge is 2.41. The van der Waals surface area contributed by atoms with Gasteiger partial charge in [-0.2, -0.15) is 0 Å². The van der Waals surface area contributed by atoms with Crippen LogP contribution in [-0.4, -0.2) is 44.8 Å². The molecule has 9 nitrogen and oxygen atoms in total. The van der Waals surface area contributed by atoms with E-state index in [1.54, 1.807) is 31.7 Å². The van der Waals surface area contributed by atoms with Crippen molar-refractivity contribution < 1.29 is 23.3 Å². The number of fused-ring (bicyclic) bond motifs is 1. The number of nitrogens with zero attached hydrogens (tertiary/aromatic N) is 3. The average molecular weight is 451 g/mol. The maximum Gasteiger partial charge on any atom is 0.336 e. The molecule has 0 saturated heterocycles. The standard InChI is InChI=1S/C19H22N4O5S2/c1-3-26-18(25)15-11-6-4-5-7-13(11)30-17(15)20-14(24)9-29-19-22-21-16(27-19)12-8-10(2)28-23-12/h8,11,13H,3-7,9H2,1-2H3,(H,20,24)/t11-,13-/m1/s1. The van der Waals surface area contributed by atoms with E-state index in [1.807, 2.05) is 0 Å². The van der Waals surface area contributed by atoms with Crippen LogP contribution in [0.5, 0.6) is 0 Å². The molecule has 11 heteroatoms. The van der Waals surface area contributed by atoms with Crippen LogP contribution in [-0.2, 0) is 14.3 Å². The molecule has 3 heterocycles. The topological polar surface area (TPSA) is 120 Å². The van der Waals surface area contributed by atoms with Gasteiger partial charge in [0.15, 0.2) is 5.69 Å². The largest absolute Gasteiger partial charge is 0.463 e. The molecule has 1 aliphatic carbocycles. The molecule has 1 aliphatic heterocycles. The molecule has 160 valence electrons. The first kappa shape index (κ1) is 21.0. The van der Waals surface area contributed by atoms with Crippen molar-refractivity contribution in [2.75, 3.05) is 12.4 Å². The van der Waals surface area contributed by atoms with Crippen LogP contribution in [0.15, 0.2) is 30.8 Å². The predicted octanol–water partition coefficient (Wildman–Crippen LogP) is 3.32. The summed E-state index contributed by atoms with van der Waals surface area (Å²) in [6, 6.07) is 1.69. The average Bonchev–Trinajstić information content (AvgIpc) is 3.44. The third-order valence-electron chi connectivity index (χ3n) is 4.92. The Morgan fingerprint density at radius 3 is 2.93 bits per heavy atom. The third kappa shape index (κ3) is 4.56. The Morgan fingerprint density at radius 1 is 1.33 bits per heavy atom. The van der Waals surface area contributed by atoms with Gasteiger partial charge in [-0.25, -0.2) is 4.79 Å². The summed E-state index contributed by atoms with van der Waals surface area (Å²) >= 11 is 2.70. The fourth-order valence-corrected chi connectivity index (χ4v) is 5.75. The Morgan fingerprint density at radius 2 is 2.17 bits per heavy atom. The van der Waals surface area contributed by atoms with Crippen molar-refractivity contribution in [2.45, 2.75) is 50.0 Å². The molecule has 30 heavy (non-hydrogen) atoms. The van der Waals surface area contributed by atoms with Crippen molar-refractivity contribution in [1.82, 2.24) is 20.7 Å². The number of rotatable bonds is 7. The molecule has 1 amide bonds. The van der Waals surface area contributed by atoms with Crippen molar-refractivity contribution in [2.24, 2.45) is 5.92 Å². The summed E-state index contributed by atoms with van der Waals surface area (Å²) in [6.07, 6.45) is 4.23. The van der Waals surface area contributed by atoms with Crippen LogP contribution in [0.25, 0.3) is 11.6 Å². The van der Waals surface area contributed by atoms with Gasteiger partial charge in [0.1, 0.15) is 5.76 Å². The number of esters is 1. The van der Waals surface area contributed by atoms with Gasteiger partial charge in [-0.1, -0.05) is 29.8 Å². The Kier molecular flexibility index (Phi) is 6.47. The summed E-state index contributed by atoms with van der Waals surface area (Å²) in [5, 5.41) is 15.8. The Balaban J connectivity index is 1.39. The number of carbonyl (C=O) groups is 2. The third-order valence-corrected chi connectivity index (χ3v) is 7.16. The summed E-state index contributed by atoms with van der Waals surface area (Å²) in [5.74, 6) is 0.533. The highest BCUT2D eigenvalue weighted by molar-refractivity contribution is 8.04. The summed E-state index contributed by atoms with van der Waals surface area (Å²) in [7, 11) is 0. The van der Waals surface area contributed by atoms with Crippen molar-refractivity contribution in [3.63, 3.8) is 0 Å². The van der Waals surface area contributed by atoms with Gasteiger partial charge in [0.2, 0.25) is 5.91 Å². The normalized spacial score (nSPS) is 20.9. The van der Waals surface area contributed by atoms with E-state index < -0.39 is 0 Å². The van der Waals surface area contributed by atoms with Crippen molar-refractivity contribution in [1.29, 1.82) is 0 Å². The first-order valence-electron chi connectivity index (χ1n) is 9.83. The molecule has 2 aliphatic rings. The van der Waals surface area contributed by atoms with Crippen LogP contribution in [0, 0.1) is 12.8 Å². The zero-order valence-electron chi connectivity index (χ0n) is 16.7. The van der Waals surface area contributed by atoms with Crippen LogP contribution in [0.1, 0.15) is 38.4 Å². The minimum Gasteiger partial charge on any atom is -0.463 e. The van der Waals surface area contributed by atoms with Gasteiger partial charge in [0.05, 0.1) is 23.0 Å². The molecule has 1 N–H and O–H groups in total. The monoisotopic (exact) mass is 450 g/mol. The molecular formula is C19H22N4O5S2. The van der Waals surface area contributed by atoms with E-state index in [2.05, 4.69) is 20.7 Å². The number of ether oxygens (including phenoxy) is 1. The second-order valence-corrected chi connectivity index (χ2v) is 9.22. The van der Waals surface area contributed by atoms with Crippen LogP contribution in [0.2, 0.25) is 0 Å². The molecule has 0 aromatic carbocycles. The maximum absolute atomic E-state index is 12.5. The van der Waals surface area contributed by atoms with Crippen LogP contribution in [0.4, 0.5) is 0 Å². The lowest BCUT2D eigenvalue weighted by atomic mass is 9.84. The SMILES string of the molecule is CCOC(=O)C1=C(NC(=O)CSc2nnc(-c3cc(C)on3)o2)S[C@@H]2CCCC[C@@H]12. The first-order valence-corrected chi connectivity index (χ1v) is 11.7. The lowest BCUT2D eigenvalue weighted by Gasteiger charge is -2.25. The lowest BCUT2D eigenvalue weighted by Crippen LogP contribution is -2.26. The Hall–Kier alpha value is -2.27. The number of thioether (sulfide) groups is 2. The van der Waals surface area contributed by atoms with E-state index in [-0.39, 0.29) is 34.7 Å². The Labute approximate surface area is 181 Å². The molecule has 0 unspecified atom stereocenters. The molecule has 0 spiro atoms. The molecular weight excluding hydrogens is 428 g/mol. The van der Waals surface area contributed by atoms with Crippen molar-refractivity contribution >= 4 is 35.4 Å². The highest BCUT2D eigenvalue weighted by Crippen LogP contribution is 2.48. The minimum atomic E-state index is -0.327. The second kappa shape index (κ2) is 9.25. The number of hydrogen-bond donors (Lipinski definition) is 1. The predicted molar refractivity (Wildman–Crippen MR) is 110 cm³/mol. The molecule has 4 rings (SSSR count). The number of aromatic nitrogens is 3. The van der Waals surface area contributed by atoms with E-state index >= 15 is 0 Å². The number of hydrogen-bond acceptors (Lipinski definition) is 10. The molecule has 1 saturated carbocycles. The lowest BCUT2D eigenvalue weighted by molar-refractivity contribution is -0.139. The molecule has 2 atom stereocenters. The fourth-order valence-electron chi connectivity index (χ4n) is 3.63. The maximum atomic E-state index is 12.5. The zero-order valence-corrected chi connectivity index (χ0v) is 18.3. The van der Waals surface area contributed by atoms with Gasteiger partial charge in [-0.05, 0) is 26.7 Å². The fraction of sp³-hybridized carbons (Fsp3) is 0.526. The summed E-state index contributed by atoms with van der Waals surface area (Å²) in [6.45, 7) is 3.86. The van der Waals surface area contributed by atoms with E-state index in [4.69, 9.17) is 13.7 Å². The van der Waals surface area contributed by atoms with Gasteiger partial charge in [-0.3, -0.25) is 4.79 Å². The van der Waals surface area contributed by atoms with E-state index in [9.17, 15) is 9.59 Å². The number of amides is 1. The van der Waals surface area contributed by atoms with Crippen LogP contribution in [0.3, 0.4) is 0 Å². The summed E-state index contributed by atoms with van der Waals surface area (Å²) < 4.78 is 15.8. The molecule has 0 radical (unpaired) electrons.